The van der Waals surface area contributed by atoms with E-state index in [0.717, 1.165) is 16.8 Å². The SMILES string of the molecule is Cc1nc(C)c(Cc2ccccc2Cl)c(N2CCN(C(=O)c3cc(C(F)(F)F)cc(C(F)(F)F)c3)CC2)n1. The molecule has 0 unspecified atom stereocenters. The summed E-state index contributed by atoms with van der Waals surface area (Å²) in [6.45, 7) is 4.34. The van der Waals surface area contributed by atoms with Gasteiger partial charge in [0.1, 0.15) is 11.6 Å². The fourth-order valence-electron chi connectivity index (χ4n) is 4.40. The number of aryl methyl sites for hydroxylation is 2. The Bertz CT molecular complexity index is 1320. The summed E-state index contributed by atoms with van der Waals surface area (Å²) in [7, 11) is 0. The molecule has 5 nitrogen and oxygen atoms in total. The molecule has 0 N–H and O–H groups in total. The van der Waals surface area contributed by atoms with Crippen molar-refractivity contribution in [3.8, 4) is 0 Å². The van der Waals surface area contributed by atoms with Gasteiger partial charge < -0.3 is 9.80 Å². The van der Waals surface area contributed by atoms with E-state index < -0.39 is 35.0 Å². The molecule has 3 aromatic rings. The van der Waals surface area contributed by atoms with Crippen molar-refractivity contribution in [2.24, 2.45) is 0 Å². The Morgan fingerprint density at radius 1 is 0.895 bits per heavy atom. The van der Waals surface area contributed by atoms with Crippen LogP contribution in [0.5, 0.6) is 0 Å². The highest BCUT2D eigenvalue weighted by Gasteiger charge is 2.38. The predicted molar refractivity (Wildman–Crippen MR) is 130 cm³/mol. The van der Waals surface area contributed by atoms with E-state index in [9.17, 15) is 31.1 Å². The number of amides is 1. The zero-order valence-corrected chi connectivity index (χ0v) is 21.2. The third-order valence-electron chi connectivity index (χ3n) is 6.33. The molecule has 1 aromatic heterocycles. The summed E-state index contributed by atoms with van der Waals surface area (Å²) in [6.07, 6.45) is -9.60. The minimum absolute atomic E-state index is 0.00894. The molecule has 1 amide bonds. The van der Waals surface area contributed by atoms with Crippen LogP contribution in [0.3, 0.4) is 0 Å². The molecule has 1 saturated heterocycles. The second kappa shape index (κ2) is 10.4. The van der Waals surface area contributed by atoms with Gasteiger partial charge in [-0.2, -0.15) is 26.3 Å². The van der Waals surface area contributed by atoms with Crippen LogP contribution in [-0.2, 0) is 18.8 Å². The molecule has 1 aliphatic heterocycles. The monoisotopic (exact) mass is 556 g/mol. The highest BCUT2D eigenvalue weighted by Crippen LogP contribution is 2.37. The van der Waals surface area contributed by atoms with E-state index in [4.69, 9.17) is 11.6 Å². The fraction of sp³-hybridized carbons (Fsp3) is 0.346. The summed E-state index contributed by atoms with van der Waals surface area (Å²) in [4.78, 5) is 25.2. The lowest BCUT2D eigenvalue weighted by Gasteiger charge is -2.36. The quantitative estimate of drug-likeness (QED) is 0.352. The van der Waals surface area contributed by atoms with Crippen LogP contribution in [-0.4, -0.2) is 47.0 Å². The largest absolute Gasteiger partial charge is 0.416 e. The number of carbonyl (C=O) groups is 1. The summed E-state index contributed by atoms with van der Waals surface area (Å²) in [5.74, 6) is 0.301. The number of hydrogen-bond acceptors (Lipinski definition) is 4. The van der Waals surface area contributed by atoms with Crippen LogP contribution in [0.15, 0.2) is 42.5 Å². The Morgan fingerprint density at radius 3 is 2.03 bits per heavy atom. The smallest absolute Gasteiger partial charge is 0.353 e. The molecule has 1 fully saturated rings. The van der Waals surface area contributed by atoms with Crippen LogP contribution in [0.1, 0.15) is 44.1 Å². The van der Waals surface area contributed by atoms with Crippen molar-refractivity contribution in [3.05, 3.63) is 86.8 Å². The number of nitrogens with zero attached hydrogens (tertiary/aromatic N) is 4. The minimum atomic E-state index is -5.03. The van der Waals surface area contributed by atoms with Gasteiger partial charge in [0.15, 0.2) is 0 Å². The van der Waals surface area contributed by atoms with Crippen LogP contribution >= 0.6 is 11.6 Å². The van der Waals surface area contributed by atoms with E-state index in [1.54, 1.807) is 13.0 Å². The molecule has 2 heterocycles. The summed E-state index contributed by atoms with van der Waals surface area (Å²) in [5, 5.41) is 0.591. The van der Waals surface area contributed by atoms with Gasteiger partial charge in [0.25, 0.3) is 5.91 Å². The van der Waals surface area contributed by atoms with Gasteiger partial charge in [-0.15, -0.1) is 0 Å². The average molecular weight is 557 g/mol. The molecule has 0 saturated carbocycles. The number of alkyl halides is 6. The van der Waals surface area contributed by atoms with Crippen molar-refractivity contribution in [1.29, 1.82) is 0 Å². The molecule has 1 aliphatic rings. The van der Waals surface area contributed by atoms with Crippen LogP contribution in [0, 0.1) is 13.8 Å². The lowest BCUT2D eigenvalue weighted by Crippen LogP contribution is -2.49. The first-order valence-electron chi connectivity index (χ1n) is 11.7. The normalized spacial score (nSPS) is 14.7. The molecule has 0 atom stereocenters. The first-order valence-corrected chi connectivity index (χ1v) is 12.0. The zero-order chi connectivity index (χ0) is 27.8. The van der Waals surface area contributed by atoms with Gasteiger partial charge in [0, 0.05) is 54.4 Å². The molecular formula is C26H23ClF6N4O. The molecule has 202 valence electrons. The highest BCUT2D eigenvalue weighted by molar-refractivity contribution is 6.31. The molecule has 0 bridgehead atoms. The predicted octanol–water partition coefficient (Wildman–Crippen LogP) is 6.34. The van der Waals surface area contributed by atoms with Gasteiger partial charge in [-0.3, -0.25) is 4.79 Å². The third-order valence-corrected chi connectivity index (χ3v) is 6.70. The first-order chi connectivity index (χ1) is 17.7. The minimum Gasteiger partial charge on any atom is -0.353 e. The van der Waals surface area contributed by atoms with Crippen LogP contribution in [0.25, 0.3) is 0 Å². The van der Waals surface area contributed by atoms with Crippen LogP contribution in [0.4, 0.5) is 32.2 Å². The van der Waals surface area contributed by atoms with Gasteiger partial charge in [-0.25, -0.2) is 9.97 Å². The second-order valence-corrected chi connectivity index (χ2v) is 9.41. The van der Waals surface area contributed by atoms with Gasteiger partial charge >= 0.3 is 12.4 Å². The van der Waals surface area contributed by atoms with Crippen molar-refractivity contribution in [3.63, 3.8) is 0 Å². The molecule has 2 aromatic carbocycles. The number of rotatable bonds is 4. The summed E-state index contributed by atoms with van der Waals surface area (Å²) in [5.41, 5.74) is -1.22. The highest BCUT2D eigenvalue weighted by atomic mass is 35.5. The molecule has 0 aliphatic carbocycles. The number of benzene rings is 2. The Kier molecular flexibility index (Phi) is 7.60. The van der Waals surface area contributed by atoms with Crippen LogP contribution in [0.2, 0.25) is 5.02 Å². The van der Waals surface area contributed by atoms with E-state index in [1.807, 2.05) is 30.0 Å². The number of piperazine rings is 1. The van der Waals surface area contributed by atoms with Gasteiger partial charge in [0.05, 0.1) is 11.1 Å². The molecule has 38 heavy (non-hydrogen) atoms. The number of anilines is 1. The number of carbonyl (C=O) groups excluding carboxylic acids is 1. The van der Waals surface area contributed by atoms with Crippen LogP contribution < -0.4 is 4.90 Å². The lowest BCUT2D eigenvalue weighted by molar-refractivity contribution is -0.143. The maximum atomic E-state index is 13.2. The van der Waals surface area contributed by atoms with Gasteiger partial charge in [-0.05, 0) is 43.7 Å². The van der Waals surface area contributed by atoms with E-state index >= 15 is 0 Å². The average Bonchev–Trinajstić information content (AvgIpc) is 2.85. The molecule has 4 rings (SSSR count). The Balaban J connectivity index is 1.57. The van der Waals surface area contributed by atoms with Gasteiger partial charge in [-0.1, -0.05) is 29.8 Å². The number of aromatic nitrogens is 2. The summed E-state index contributed by atoms with van der Waals surface area (Å²) < 4.78 is 79.5. The van der Waals surface area contributed by atoms with E-state index in [-0.39, 0.29) is 32.2 Å². The Morgan fingerprint density at radius 2 is 1.47 bits per heavy atom. The Hall–Kier alpha value is -3.34. The Labute approximate surface area is 220 Å². The first kappa shape index (κ1) is 27.7. The lowest BCUT2D eigenvalue weighted by atomic mass is 10.0. The van der Waals surface area contributed by atoms with Crippen molar-refractivity contribution in [1.82, 2.24) is 14.9 Å². The van der Waals surface area contributed by atoms with Gasteiger partial charge in [0.2, 0.25) is 0 Å². The zero-order valence-electron chi connectivity index (χ0n) is 20.4. The van der Waals surface area contributed by atoms with Crippen molar-refractivity contribution >= 4 is 23.3 Å². The van der Waals surface area contributed by atoms with E-state index in [2.05, 4.69) is 9.97 Å². The second-order valence-electron chi connectivity index (χ2n) is 9.00. The van der Waals surface area contributed by atoms with E-state index in [1.165, 1.54) is 4.90 Å². The van der Waals surface area contributed by atoms with Crippen molar-refractivity contribution < 1.29 is 31.1 Å². The summed E-state index contributed by atoms with van der Waals surface area (Å²) in [6, 6.07) is 8.30. The van der Waals surface area contributed by atoms with Crippen molar-refractivity contribution in [2.45, 2.75) is 32.6 Å². The summed E-state index contributed by atoms with van der Waals surface area (Å²) >= 11 is 6.35. The molecule has 0 spiro atoms. The van der Waals surface area contributed by atoms with E-state index in [0.29, 0.717) is 35.2 Å². The third kappa shape index (κ3) is 6.03. The molecular weight excluding hydrogens is 534 g/mol. The number of hydrogen-bond donors (Lipinski definition) is 0. The topological polar surface area (TPSA) is 49.3 Å². The fourth-order valence-corrected chi connectivity index (χ4v) is 4.60. The standard InChI is InChI=1S/C26H23ClF6N4O/c1-15-21(13-17-5-3-4-6-22(17)27)23(35-16(2)34-15)36-7-9-37(10-8-36)24(38)18-11-19(25(28,29)30)14-20(12-18)26(31,32)33/h3-6,11-12,14H,7-10,13H2,1-2H3. The number of halogens is 7. The maximum absolute atomic E-state index is 13.2. The molecule has 0 radical (unpaired) electrons. The van der Waals surface area contributed by atoms with Crippen molar-refractivity contribution in [2.75, 3.05) is 31.1 Å². The maximum Gasteiger partial charge on any atom is 0.416 e. The molecule has 12 heteroatoms.